The molecule has 0 aliphatic rings. The Bertz CT molecular complexity index is 427. The van der Waals surface area contributed by atoms with E-state index in [-0.39, 0.29) is 17.8 Å². The summed E-state index contributed by atoms with van der Waals surface area (Å²) in [5.41, 5.74) is -0.245. The average molecular weight is 223 g/mol. The third kappa shape index (κ3) is 2.84. The van der Waals surface area contributed by atoms with Crippen LogP contribution in [0.1, 0.15) is 23.8 Å². The predicted octanol–water partition coefficient (Wildman–Crippen LogP) is 0.656. The standard InChI is InChI=1S/C9H9N3O4/c1-2-8(13)11-9(14)7-4-3-6(5-10-7)12(15)16/h3-5H,2H2,1H3,(H,11,13,14). The summed E-state index contributed by atoms with van der Waals surface area (Å²) in [7, 11) is 0. The summed E-state index contributed by atoms with van der Waals surface area (Å²) in [6, 6.07) is 2.34. The topological polar surface area (TPSA) is 102 Å². The number of aromatic nitrogens is 1. The summed E-state index contributed by atoms with van der Waals surface area (Å²) in [6.07, 6.45) is 1.14. The van der Waals surface area contributed by atoms with Gasteiger partial charge in [0, 0.05) is 12.5 Å². The van der Waals surface area contributed by atoms with Crippen molar-refractivity contribution in [3.8, 4) is 0 Å². The Morgan fingerprint density at radius 2 is 2.19 bits per heavy atom. The maximum absolute atomic E-state index is 11.3. The molecule has 0 saturated heterocycles. The molecule has 7 heteroatoms. The van der Waals surface area contributed by atoms with Crippen LogP contribution in [0.15, 0.2) is 18.3 Å². The molecule has 0 aliphatic heterocycles. The van der Waals surface area contributed by atoms with Crippen molar-refractivity contribution in [2.24, 2.45) is 0 Å². The number of hydrogen-bond donors (Lipinski definition) is 1. The number of hydrogen-bond acceptors (Lipinski definition) is 5. The molecule has 0 saturated carbocycles. The van der Waals surface area contributed by atoms with Gasteiger partial charge in [-0.1, -0.05) is 6.92 Å². The molecular formula is C9H9N3O4. The van der Waals surface area contributed by atoms with Gasteiger partial charge in [-0.25, -0.2) is 4.98 Å². The fourth-order valence-corrected chi connectivity index (χ4v) is 0.907. The van der Waals surface area contributed by atoms with Gasteiger partial charge in [-0.15, -0.1) is 0 Å². The number of carbonyl (C=O) groups is 2. The summed E-state index contributed by atoms with van der Waals surface area (Å²) in [6.45, 7) is 1.60. The molecule has 0 spiro atoms. The quantitative estimate of drug-likeness (QED) is 0.598. The van der Waals surface area contributed by atoms with Crippen LogP contribution < -0.4 is 5.32 Å². The first-order valence-electron chi connectivity index (χ1n) is 4.49. The minimum atomic E-state index is -0.665. The third-order valence-electron chi connectivity index (χ3n) is 1.77. The molecule has 0 fully saturated rings. The van der Waals surface area contributed by atoms with E-state index in [2.05, 4.69) is 10.3 Å². The van der Waals surface area contributed by atoms with E-state index in [1.165, 1.54) is 6.07 Å². The Labute approximate surface area is 90.6 Å². The fourth-order valence-electron chi connectivity index (χ4n) is 0.907. The Hall–Kier alpha value is -2.31. The van der Waals surface area contributed by atoms with Gasteiger partial charge in [-0.05, 0) is 6.07 Å². The van der Waals surface area contributed by atoms with E-state index in [1.807, 2.05) is 0 Å². The number of nitro groups is 1. The number of carbonyl (C=O) groups excluding carboxylic acids is 2. The molecular weight excluding hydrogens is 214 g/mol. The number of pyridine rings is 1. The van der Waals surface area contributed by atoms with E-state index in [1.54, 1.807) is 6.92 Å². The van der Waals surface area contributed by atoms with Gasteiger partial charge in [0.15, 0.2) is 0 Å². The zero-order chi connectivity index (χ0) is 12.1. The highest BCUT2D eigenvalue weighted by Crippen LogP contribution is 2.08. The number of nitrogens with zero attached hydrogens (tertiary/aromatic N) is 2. The van der Waals surface area contributed by atoms with Crippen LogP contribution in [0.4, 0.5) is 5.69 Å². The first-order chi connectivity index (χ1) is 7.54. The minimum absolute atomic E-state index is 0.0348. The van der Waals surface area contributed by atoms with Crippen molar-refractivity contribution < 1.29 is 14.5 Å². The highest BCUT2D eigenvalue weighted by atomic mass is 16.6. The van der Waals surface area contributed by atoms with E-state index in [0.717, 1.165) is 12.3 Å². The van der Waals surface area contributed by atoms with Crippen LogP contribution in [0.5, 0.6) is 0 Å². The lowest BCUT2D eigenvalue weighted by atomic mass is 10.3. The van der Waals surface area contributed by atoms with Crippen LogP contribution in [-0.4, -0.2) is 21.7 Å². The molecule has 7 nitrogen and oxygen atoms in total. The van der Waals surface area contributed by atoms with Crippen molar-refractivity contribution in [3.63, 3.8) is 0 Å². The zero-order valence-electron chi connectivity index (χ0n) is 8.47. The van der Waals surface area contributed by atoms with Crippen LogP contribution in [0, 0.1) is 10.1 Å². The molecule has 1 aromatic heterocycles. The second-order valence-corrected chi connectivity index (χ2v) is 2.89. The molecule has 1 N–H and O–H groups in total. The Morgan fingerprint density at radius 3 is 2.62 bits per heavy atom. The second kappa shape index (κ2) is 4.96. The molecule has 1 aromatic rings. The van der Waals surface area contributed by atoms with Gasteiger partial charge in [0.1, 0.15) is 11.9 Å². The lowest BCUT2D eigenvalue weighted by Gasteiger charge is -2.00. The van der Waals surface area contributed by atoms with Gasteiger partial charge in [0.05, 0.1) is 4.92 Å². The summed E-state index contributed by atoms with van der Waals surface area (Å²) < 4.78 is 0. The van der Waals surface area contributed by atoms with Crippen LogP contribution in [0.2, 0.25) is 0 Å². The van der Waals surface area contributed by atoms with Crippen LogP contribution in [-0.2, 0) is 4.79 Å². The van der Waals surface area contributed by atoms with Gasteiger partial charge in [0.2, 0.25) is 5.91 Å². The summed E-state index contributed by atoms with van der Waals surface area (Å²) in [5, 5.41) is 12.4. The summed E-state index contributed by atoms with van der Waals surface area (Å²) in [5.74, 6) is -1.09. The maximum Gasteiger partial charge on any atom is 0.287 e. The van der Waals surface area contributed by atoms with Gasteiger partial charge in [0.25, 0.3) is 11.6 Å². The van der Waals surface area contributed by atoms with E-state index < -0.39 is 16.7 Å². The molecule has 1 heterocycles. The van der Waals surface area contributed by atoms with Crippen molar-refractivity contribution in [2.45, 2.75) is 13.3 Å². The number of nitrogens with one attached hydrogen (secondary N) is 1. The van der Waals surface area contributed by atoms with Crippen LogP contribution >= 0.6 is 0 Å². The summed E-state index contributed by atoms with van der Waals surface area (Å²) >= 11 is 0. The van der Waals surface area contributed by atoms with E-state index in [4.69, 9.17) is 0 Å². The van der Waals surface area contributed by atoms with Gasteiger partial charge in [-0.3, -0.25) is 25.0 Å². The largest absolute Gasteiger partial charge is 0.291 e. The number of imide groups is 1. The second-order valence-electron chi connectivity index (χ2n) is 2.89. The Morgan fingerprint density at radius 1 is 1.50 bits per heavy atom. The van der Waals surface area contributed by atoms with Gasteiger partial charge in [-0.2, -0.15) is 0 Å². The van der Waals surface area contributed by atoms with Crippen LogP contribution in [0.25, 0.3) is 0 Å². The number of amides is 2. The first-order valence-corrected chi connectivity index (χ1v) is 4.49. The normalized spacial score (nSPS) is 9.56. The highest BCUT2D eigenvalue weighted by molar-refractivity contribution is 6.03. The molecule has 16 heavy (non-hydrogen) atoms. The smallest absolute Gasteiger partial charge is 0.287 e. The predicted molar refractivity (Wildman–Crippen MR) is 53.7 cm³/mol. The molecule has 0 radical (unpaired) electrons. The Balaban J connectivity index is 2.78. The SMILES string of the molecule is CCC(=O)NC(=O)c1ccc([N+](=O)[O-])cn1. The van der Waals surface area contributed by atoms with Crippen molar-refractivity contribution in [3.05, 3.63) is 34.1 Å². The lowest BCUT2D eigenvalue weighted by Crippen LogP contribution is -2.30. The van der Waals surface area contributed by atoms with Gasteiger partial charge >= 0.3 is 0 Å². The van der Waals surface area contributed by atoms with E-state index in [9.17, 15) is 19.7 Å². The molecule has 0 bridgehead atoms. The monoisotopic (exact) mass is 223 g/mol. The molecule has 0 aliphatic carbocycles. The van der Waals surface area contributed by atoms with Crippen molar-refractivity contribution in [1.29, 1.82) is 0 Å². The fraction of sp³-hybridized carbons (Fsp3) is 0.222. The van der Waals surface area contributed by atoms with E-state index in [0.29, 0.717) is 0 Å². The lowest BCUT2D eigenvalue weighted by molar-refractivity contribution is -0.385. The van der Waals surface area contributed by atoms with Crippen LogP contribution in [0.3, 0.4) is 0 Å². The van der Waals surface area contributed by atoms with Crippen molar-refractivity contribution in [2.75, 3.05) is 0 Å². The molecule has 1 rings (SSSR count). The van der Waals surface area contributed by atoms with Gasteiger partial charge < -0.3 is 0 Å². The molecule has 0 aromatic carbocycles. The zero-order valence-corrected chi connectivity index (χ0v) is 8.47. The van der Waals surface area contributed by atoms with E-state index >= 15 is 0 Å². The first kappa shape index (κ1) is 11.8. The van der Waals surface area contributed by atoms with Crippen molar-refractivity contribution in [1.82, 2.24) is 10.3 Å². The Kier molecular flexibility index (Phi) is 3.65. The minimum Gasteiger partial charge on any atom is -0.291 e. The number of rotatable bonds is 3. The molecule has 84 valence electrons. The average Bonchev–Trinajstić information content (AvgIpc) is 2.28. The summed E-state index contributed by atoms with van der Waals surface area (Å²) in [4.78, 5) is 35.5. The molecule has 0 unspecified atom stereocenters. The molecule has 2 amide bonds. The third-order valence-corrected chi connectivity index (χ3v) is 1.77. The highest BCUT2D eigenvalue weighted by Gasteiger charge is 2.12. The maximum atomic E-state index is 11.3. The van der Waals surface area contributed by atoms with Crippen molar-refractivity contribution >= 4 is 17.5 Å². The molecule has 0 atom stereocenters.